The molecular formula is C20H19N5O4S. The molecule has 0 bridgehead atoms. The van der Waals surface area contributed by atoms with Crippen LogP contribution in [0.25, 0.3) is 0 Å². The zero-order chi connectivity index (χ0) is 20.3. The van der Waals surface area contributed by atoms with Gasteiger partial charge in [-0.05, 0) is 46.5 Å². The Morgan fingerprint density at radius 3 is 2.57 bits per heavy atom. The molecule has 4 atom stereocenters. The van der Waals surface area contributed by atoms with Gasteiger partial charge in [0.25, 0.3) is 0 Å². The topological polar surface area (TPSA) is 100 Å². The molecule has 10 heteroatoms. The molecule has 3 aromatic rings. The highest BCUT2D eigenvalue weighted by Crippen LogP contribution is 2.37. The van der Waals surface area contributed by atoms with Crippen molar-refractivity contribution in [3.63, 3.8) is 0 Å². The van der Waals surface area contributed by atoms with Gasteiger partial charge in [0, 0.05) is 10.6 Å². The third-order valence-electron chi connectivity index (χ3n) is 4.99. The average Bonchev–Trinajstić information content (AvgIpc) is 3.47. The van der Waals surface area contributed by atoms with Gasteiger partial charge in [0.1, 0.15) is 18.2 Å². The number of nitrogens with zero attached hydrogens (tertiary/aromatic N) is 4. The smallest absolute Gasteiger partial charge is 0.412 e. The van der Waals surface area contributed by atoms with Crippen molar-refractivity contribution < 1.29 is 19.0 Å². The largest absolute Gasteiger partial charge is 0.441 e. The van der Waals surface area contributed by atoms with Crippen LogP contribution in [0.5, 0.6) is 0 Å². The summed E-state index contributed by atoms with van der Waals surface area (Å²) < 4.78 is 19.1. The van der Waals surface area contributed by atoms with Crippen molar-refractivity contribution in [1.29, 1.82) is 0 Å². The number of nitrogens with one attached hydrogen (secondary N) is 1. The van der Waals surface area contributed by atoms with Gasteiger partial charge in [0.15, 0.2) is 6.10 Å². The van der Waals surface area contributed by atoms with Crippen LogP contribution < -0.4 is 5.32 Å². The number of fused-ring (bicyclic) bond motifs is 1. The summed E-state index contributed by atoms with van der Waals surface area (Å²) >= 11 is 1.47. The minimum absolute atomic E-state index is 0.193. The minimum atomic E-state index is -0.537. The number of para-hydroxylation sites is 1. The number of rotatable bonds is 5. The van der Waals surface area contributed by atoms with E-state index in [1.807, 2.05) is 48.5 Å². The Labute approximate surface area is 176 Å². The van der Waals surface area contributed by atoms with Crippen LogP contribution in [0.4, 0.5) is 10.5 Å². The second-order valence-electron chi connectivity index (χ2n) is 6.92. The highest BCUT2D eigenvalue weighted by atomic mass is 32.2. The van der Waals surface area contributed by atoms with Crippen LogP contribution in [0.1, 0.15) is 6.04 Å². The quantitative estimate of drug-likeness (QED) is 0.666. The molecule has 2 fully saturated rings. The molecule has 0 spiro atoms. The maximum Gasteiger partial charge on any atom is 0.412 e. The monoisotopic (exact) mass is 425 g/mol. The summed E-state index contributed by atoms with van der Waals surface area (Å²) in [4.78, 5) is 13.3. The van der Waals surface area contributed by atoms with Crippen molar-refractivity contribution in [2.24, 2.45) is 0 Å². The third-order valence-corrected chi connectivity index (χ3v) is 5.95. The number of anilines is 1. The SMILES string of the molecule is O=C(Nc1ccccc1)O[C@H]1CO[C@@H]2[C@@H]1OC[C@@H]2n1nnnc1Sc1ccccc1. The predicted octanol–water partition coefficient (Wildman–Crippen LogP) is 2.78. The molecule has 1 N–H and O–H groups in total. The Morgan fingerprint density at radius 2 is 1.77 bits per heavy atom. The fraction of sp³-hybridized carbons (Fsp3) is 0.300. The van der Waals surface area contributed by atoms with Crippen LogP contribution in [0, 0.1) is 0 Å². The lowest BCUT2D eigenvalue weighted by Gasteiger charge is -2.17. The summed E-state index contributed by atoms with van der Waals surface area (Å²) in [6, 6.07) is 18.8. The van der Waals surface area contributed by atoms with Crippen molar-refractivity contribution in [3.8, 4) is 0 Å². The van der Waals surface area contributed by atoms with Gasteiger partial charge in [-0.25, -0.2) is 9.48 Å². The first-order valence-corrected chi connectivity index (χ1v) is 10.4. The standard InChI is InChI=1S/C20H19N5O4S/c26-20(21-13-7-3-1-4-8-13)29-16-12-28-17-15(11-27-18(16)17)25-19(22-23-24-25)30-14-9-5-2-6-10-14/h1-10,15-18H,11-12H2,(H,21,26)/t15-,16-,17-,18+/m0/s1. The van der Waals surface area contributed by atoms with Crippen LogP contribution in [0.3, 0.4) is 0 Å². The molecule has 154 valence electrons. The Hall–Kier alpha value is -2.95. The van der Waals surface area contributed by atoms with E-state index in [9.17, 15) is 4.79 Å². The summed E-state index contributed by atoms with van der Waals surface area (Å²) in [6.07, 6.45) is -1.69. The number of tetrazole rings is 1. The van der Waals surface area contributed by atoms with Crippen LogP contribution in [0.15, 0.2) is 70.7 Å². The second kappa shape index (κ2) is 8.42. The molecule has 1 aromatic heterocycles. The first-order valence-electron chi connectivity index (χ1n) is 9.54. The lowest BCUT2D eigenvalue weighted by molar-refractivity contribution is 0.00751. The van der Waals surface area contributed by atoms with E-state index in [-0.39, 0.29) is 24.9 Å². The molecule has 3 heterocycles. The van der Waals surface area contributed by atoms with Crippen LogP contribution in [-0.4, -0.2) is 57.8 Å². The van der Waals surface area contributed by atoms with Gasteiger partial charge in [-0.1, -0.05) is 36.4 Å². The van der Waals surface area contributed by atoms with Crippen molar-refractivity contribution >= 4 is 23.5 Å². The van der Waals surface area contributed by atoms with E-state index in [4.69, 9.17) is 14.2 Å². The van der Waals surface area contributed by atoms with E-state index in [1.54, 1.807) is 16.8 Å². The minimum Gasteiger partial charge on any atom is -0.441 e. The van der Waals surface area contributed by atoms with Gasteiger partial charge in [0.2, 0.25) is 5.16 Å². The first kappa shape index (κ1) is 19.0. The molecule has 1 amide bonds. The Morgan fingerprint density at radius 1 is 1.03 bits per heavy atom. The van der Waals surface area contributed by atoms with E-state index < -0.39 is 12.2 Å². The lowest BCUT2D eigenvalue weighted by atomic mass is 10.1. The molecular weight excluding hydrogens is 406 g/mol. The molecule has 0 saturated carbocycles. The van der Waals surface area contributed by atoms with Gasteiger partial charge in [0.05, 0.1) is 13.2 Å². The third kappa shape index (κ3) is 3.89. The van der Waals surface area contributed by atoms with E-state index in [0.29, 0.717) is 17.5 Å². The summed E-state index contributed by atoms with van der Waals surface area (Å²) in [5.41, 5.74) is 0.666. The molecule has 5 rings (SSSR count). The highest BCUT2D eigenvalue weighted by Gasteiger charge is 2.51. The average molecular weight is 425 g/mol. The highest BCUT2D eigenvalue weighted by molar-refractivity contribution is 7.99. The predicted molar refractivity (Wildman–Crippen MR) is 107 cm³/mol. The molecule has 0 unspecified atom stereocenters. The zero-order valence-corrected chi connectivity index (χ0v) is 16.6. The van der Waals surface area contributed by atoms with Crippen molar-refractivity contribution in [2.45, 2.75) is 34.4 Å². The molecule has 2 aliphatic rings. The van der Waals surface area contributed by atoms with E-state index in [0.717, 1.165) is 4.90 Å². The van der Waals surface area contributed by atoms with Gasteiger partial charge >= 0.3 is 6.09 Å². The number of carbonyl (C=O) groups is 1. The van der Waals surface area contributed by atoms with E-state index in [2.05, 4.69) is 20.8 Å². The summed E-state index contributed by atoms with van der Waals surface area (Å²) in [6.45, 7) is 0.639. The summed E-state index contributed by atoms with van der Waals surface area (Å²) in [5, 5.41) is 15.5. The van der Waals surface area contributed by atoms with Crippen molar-refractivity contribution in [2.75, 3.05) is 18.5 Å². The van der Waals surface area contributed by atoms with Crippen LogP contribution in [0.2, 0.25) is 0 Å². The molecule has 2 aliphatic heterocycles. The fourth-order valence-corrected chi connectivity index (χ4v) is 4.46. The lowest BCUT2D eigenvalue weighted by Crippen LogP contribution is -2.35. The molecule has 9 nitrogen and oxygen atoms in total. The van der Waals surface area contributed by atoms with Gasteiger partial charge < -0.3 is 14.2 Å². The van der Waals surface area contributed by atoms with Crippen LogP contribution in [-0.2, 0) is 14.2 Å². The molecule has 0 radical (unpaired) electrons. The zero-order valence-electron chi connectivity index (χ0n) is 15.8. The number of carbonyl (C=O) groups excluding carboxylic acids is 1. The number of hydrogen-bond acceptors (Lipinski definition) is 8. The number of hydrogen-bond donors (Lipinski definition) is 1. The normalized spacial score (nSPS) is 25.1. The number of aromatic nitrogens is 4. The van der Waals surface area contributed by atoms with E-state index >= 15 is 0 Å². The summed E-state index contributed by atoms with van der Waals surface area (Å²) in [7, 11) is 0. The van der Waals surface area contributed by atoms with Gasteiger partial charge in [-0.2, -0.15) is 0 Å². The van der Waals surface area contributed by atoms with E-state index in [1.165, 1.54) is 11.8 Å². The molecule has 2 aromatic carbocycles. The second-order valence-corrected chi connectivity index (χ2v) is 7.96. The van der Waals surface area contributed by atoms with Gasteiger partial charge in [-0.3, -0.25) is 5.32 Å². The number of amides is 1. The van der Waals surface area contributed by atoms with Crippen molar-refractivity contribution in [3.05, 3.63) is 60.7 Å². The number of benzene rings is 2. The molecule has 30 heavy (non-hydrogen) atoms. The van der Waals surface area contributed by atoms with Gasteiger partial charge in [-0.15, -0.1) is 5.10 Å². The van der Waals surface area contributed by atoms with Crippen molar-refractivity contribution in [1.82, 2.24) is 20.2 Å². The fourth-order valence-electron chi connectivity index (χ4n) is 3.62. The first-order chi connectivity index (χ1) is 14.8. The summed E-state index contributed by atoms with van der Waals surface area (Å²) in [5.74, 6) is 0. The number of ether oxygens (including phenoxy) is 3. The molecule has 0 aliphatic carbocycles. The van der Waals surface area contributed by atoms with Crippen LogP contribution >= 0.6 is 11.8 Å². The maximum atomic E-state index is 12.2. The Bertz CT molecular complexity index is 1000. The molecule has 2 saturated heterocycles. The Balaban J connectivity index is 1.24. The Kier molecular flexibility index (Phi) is 5.35. The maximum absolute atomic E-state index is 12.2.